The standard InChI is InChI=1S/C13H14BrNO4/c1-13(5-8(16)6-13)15-11(17)7-2-3-9(12(18)19)10(14)4-7/h2-4,8,16H,5-6H2,1H3,(H,15,17)(H,18,19). The predicted molar refractivity (Wildman–Crippen MR) is 72.2 cm³/mol. The van der Waals surface area contributed by atoms with Gasteiger partial charge in [0.1, 0.15) is 0 Å². The van der Waals surface area contributed by atoms with Crippen LogP contribution in [0.5, 0.6) is 0 Å². The van der Waals surface area contributed by atoms with E-state index >= 15 is 0 Å². The highest BCUT2D eigenvalue weighted by Crippen LogP contribution is 2.32. The molecule has 0 bridgehead atoms. The summed E-state index contributed by atoms with van der Waals surface area (Å²) in [5.74, 6) is -1.32. The lowest BCUT2D eigenvalue weighted by molar-refractivity contribution is 0.0127. The number of carboxylic acids is 1. The van der Waals surface area contributed by atoms with Crippen molar-refractivity contribution in [2.24, 2.45) is 0 Å². The van der Waals surface area contributed by atoms with Gasteiger partial charge in [-0.3, -0.25) is 4.79 Å². The first-order valence-electron chi connectivity index (χ1n) is 5.84. The lowest BCUT2D eigenvalue weighted by atomic mass is 9.76. The SMILES string of the molecule is CC1(NC(=O)c2ccc(C(=O)O)c(Br)c2)CC(O)C1. The maximum absolute atomic E-state index is 12.0. The van der Waals surface area contributed by atoms with Crippen molar-refractivity contribution in [2.45, 2.75) is 31.4 Å². The van der Waals surface area contributed by atoms with Gasteiger partial charge in [0.05, 0.1) is 11.7 Å². The lowest BCUT2D eigenvalue weighted by Crippen LogP contribution is -2.57. The second kappa shape index (κ2) is 4.94. The van der Waals surface area contributed by atoms with Crippen LogP contribution in [0.1, 0.15) is 40.5 Å². The van der Waals surface area contributed by atoms with E-state index in [-0.39, 0.29) is 23.1 Å². The van der Waals surface area contributed by atoms with Crippen molar-refractivity contribution < 1.29 is 19.8 Å². The molecule has 1 amide bonds. The molecule has 1 aliphatic carbocycles. The lowest BCUT2D eigenvalue weighted by Gasteiger charge is -2.43. The Bertz CT molecular complexity index is 537. The molecule has 0 aliphatic heterocycles. The summed E-state index contributed by atoms with van der Waals surface area (Å²) >= 11 is 3.14. The molecule has 2 rings (SSSR count). The molecule has 5 nitrogen and oxygen atoms in total. The van der Waals surface area contributed by atoms with E-state index in [0.717, 1.165) is 0 Å². The highest BCUT2D eigenvalue weighted by Gasteiger charge is 2.40. The molecule has 1 aliphatic rings. The van der Waals surface area contributed by atoms with Crippen molar-refractivity contribution >= 4 is 27.8 Å². The van der Waals surface area contributed by atoms with Crippen molar-refractivity contribution in [3.05, 3.63) is 33.8 Å². The molecule has 0 saturated heterocycles. The van der Waals surface area contributed by atoms with Crippen LogP contribution in [0.15, 0.2) is 22.7 Å². The van der Waals surface area contributed by atoms with Gasteiger partial charge >= 0.3 is 5.97 Å². The molecule has 0 heterocycles. The van der Waals surface area contributed by atoms with Gasteiger partial charge in [-0.15, -0.1) is 0 Å². The van der Waals surface area contributed by atoms with Crippen LogP contribution in [0, 0.1) is 0 Å². The third kappa shape index (κ3) is 2.96. The number of nitrogens with one attached hydrogen (secondary N) is 1. The van der Waals surface area contributed by atoms with E-state index in [4.69, 9.17) is 5.11 Å². The average Bonchev–Trinajstić information content (AvgIpc) is 2.26. The zero-order valence-corrected chi connectivity index (χ0v) is 11.9. The van der Waals surface area contributed by atoms with Crippen molar-refractivity contribution in [3.63, 3.8) is 0 Å². The number of hydrogen-bond acceptors (Lipinski definition) is 3. The fraction of sp³-hybridized carbons (Fsp3) is 0.385. The number of aromatic carboxylic acids is 1. The van der Waals surface area contributed by atoms with Crippen molar-refractivity contribution in [2.75, 3.05) is 0 Å². The number of carboxylic acid groups (broad SMARTS) is 1. The molecule has 19 heavy (non-hydrogen) atoms. The van der Waals surface area contributed by atoms with Gasteiger partial charge in [-0.2, -0.15) is 0 Å². The molecule has 1 saturated carbocycles. The summed E-state index contributed by atoms with van der Waals surface area (Å²) in [5.41, 5.74) is 0.121. The van der Waals surface area contributed by atoms with E-state index in [0.29, 0.717) is 22.9 Å². The van der Waals surface area contributed by atoms with E-state index in [9.17, 15) is 14.7 Å². The molecular formula is C13H14BrNO4. The molecule has 6 heteroatoms. The Kier molecular flexibility index (Phi) is 3.64. The van der Waals surface area contributed by atoms with Crippen LogP contribution in [-0.2, 0) is 0 Å². The van der Waals surface area contributed by atoms with Crippen LogP contribution in [0.2, 0.25) is 0 Å². The first-order valence-corrected chi connectivity index (χ1v) is 6.63. The zero-order chi connectivity index (χ0) is 14.2. The fourth-order valence-electron chi connectivity index (χ4n) is 2.26. The molecule has 1 aromatic rings. The Morgan fingerprint density at radius 2 is 2.05 bits per heavy atom. The van der Waals surface area contributed by atoms with Crippen LogP contribution in [0.4, 0.5) is 0 Å². The molecular weight excluding hydrogens is 314 g/mol. The fourth-order valence-corrected chi connectivity index (χ4v) is 2.81. The molecule has 3 N–H and O–H groups in total. The van der Waals surface area contributed by atoms with Gasteiger partial charge in [0.2, 0.25) is 0 Å². The maximum Gasteiger partial charge on any atom is 0.336 e. The third-order valence-corrected chi connectivity index (χ3v) is 3.91. The largest absolute Gasteiger partial charge is 0.478 e. The molecule has 0 aromatic heterocycles. The molecule has 102 valence electrons. The summed E-state index contributed by atoms with van der Waals surface area (Å²) in [6, 6.07) is 4.35. The number of rotatable bonds is 3. The van der Waals surface area contributed by atoms with Gasteiger partial charge in [-0.1, -0.05) is 0 Å². The molecule has 0 atom stereocenters. The first kappa shape index (κ1) is 14.0. The molecule has 0 unspecified atom stereocenters. The van der Waals surface area contributed by atoms with Crippen molar-refractivity contribution in [1.29, 1.82) is 0 Å². The number of carbonyl (C=O) groups excluding carboxylic acids is 1. The van der Waals surface area contributed by atoms with Gasteiger partial charge in [0.15, 0.2) is 0 Å². The summed E-state index contributed by atoms with van der Waals surface area (Å²) in [7, 11) is 0. The molecule has 0 radical (unpaired) electrons. The summed E-state index contributed by atoms with van der Waals surface area (Å²) in [5, 5.41) is 21.0. The minimum absolute atomic E-state index is 0.113. The van der Waals surface area contributed by atoms with Crippen LogP contribution in [-0.4, -0.2) is 33.7 Å². The Hall–Kier alpha value is -1.40. The number of aliphatic hydroxyl groups is 1. The number of carbonyl (C=O) groups is 2. The van der Waals surface area contributed by atoms with Crippen LogP contribution in [0.3, 0.4) is 0 Å². The zero-order valence-electron chi connectivity index (χ0n) is 10.3. The van der Waals surface area contributed by atoms with E-state index in [1.165, 1.54) is 18.2 Å². The van der Waals surface area contributed by atoms with Crippen LogP contribution < -0.4 is 5.32 Å². The Morgan fingerprint density at radius 3 is 2.53 bits per heavy atom. The average molecular weight is 328 g/mol. The summed E-state index contributed by atoms with van der Waals surface area (Å²) in [6.45, 7) is 1.87. The van der Waals surface area contributed by atoms with Gasteiger partial charge in [-0.05, 0) is 53.9 Å². The van der Waals surface area contributed by atoms with E-state index in [2.05, 4.69) is 21.2 Å². The van der Waals surface area contributed by atoms with Crippen LogP contribution in [0.25, 0.3) is 0 Å². The number of aliphatic hydroxyl groups excluding tert-OH is 1. The Labute approximate surface area is 118 Å². The molecule has 1 aromatic carbocycles. The van der Waals surface area contributed by atoms with Crippen molar-refractivity contribution in [1.82, 2.24) is 5.32 Å². The second-order valence-electron chi connectivity index (χ2n) is 5.08. The predicted octanol–water partition coefficient (Wildman–Crippen LogP) is 1.79. The second-order valence-corrected chi connectivity index (χ2v) is 5.93. The van der Waals surface area contributed by atoms with Crippen molar-refractivity contribution in [3.8, 4) is 0 Å². The highest BCUT2D eigenvalue weighted by atomic mass is 79.9. The number of hydrogen-bond donors (Lipinski definition) is 3. The summed E-state index contributed by atoms with van der Waals surface area (Å²) in [6.07, 6.45) is 0.715. The number of benzene rings is 1. The van der Waals surface area contributed by atoms with Gasteiger partial charge in [0.25, 0.3) is 5.91 Å². The van der Waals surface area contributed by atoms with Crippen LogP contribution >= 0.6 is 15.9 Å². The number of amides is 1. The summed E-state index contributed by atoms with van der Waals surface area (Å²) < 4.78 is 0.367. The van der Waals surface area contributed by atoms with Gasteiger partial charge < -0.3 is 15.5 Å². The minimum Gasteiger partial charge on any atom is -0.478 e. The quantitative estimate of drug-likeness (QED) is 0.790. The maximum atomic E-state index is 12.0. The first-order chi connectivity index (χ1) is 8.81. The normalized spacial score (nSPS) is 25.5. The molecule has 1 fully saturated rings. The topological polar surface area (TPSA) is 86.6 Å². The third-order valence-electron chi connectivity index (χ3n) is 3.25. The molecule has 0 spiro atoms. The van der Waals surface area contributed by atoms with Gasteiger partial charge in [-0.25, -0.2) is 4.79 Å². The smallest absolute Gasteiger partial charge is 0.336 e. The van der Waals surface area contributed by atoms with Gasteiger partial charge in [0, 0.05) is 15.6 Å². The summed E-state index contributed by atoms with van der Waals surface area (Å²) in [4.78, 5) is 22.9. The Morgan fingerprint density at radius 1 is 1.42 bits per heavy atom. The monoisotopic (exact) mass is 327 g/mol. The number of halogens is 1. The highest BCUT2D eigenvalue weighted by molar-refractivity contribution is 9.10. The Balaban J connectivity index is 2.12. The van der Waals surface area contributed by atoms with E-state index in [1.54, 1.807) is 0 Å². The van der Waals surface area contributed by atoms with E-state index < -0.39 is 5.97 Å². The van der Waals surface area contributed by atoms with E-state index in [1.807, 2.05) is 6.92 Å². The minimum atomic E-state index is -1.05.